The minimum atomic E-state index is 0.626. The molecule has 0 aliphatic carbocycles. The summed E-state index contributed by atoms with van der Waals surface area (Å²) in [6, 6.07) is 10.6. The lowest BCUT2D eigenvalue weighted by Gasteiger charge is -2.09. The van der Waals surface area contributed by atoms with Crippen molar-refractivity contribution in [2.75, 3.05) is 5.32 Å². The molecule has 0 saturated carbocycles. The summed E-state index contributed by atoms with van der Waals surface area (Å²) >= 11 is 0. The van der Waals surface area contributed by atoms with Gasteiger partial charge in [0.1, 0.15) is 5.82 Å². The third kappa shape index (κ3) is 4.39. The number of rotatable bonds is 7. The highest BCUT2D eigenvalue weighted by Gasteiger charge is 2.04. The summed E-state index contributed by atoms with van der Waals surface area (Å²) in [5.74, 6) is 1.64. The van der Waals surface area contributed by atoms with E-state index >= 15 is 0 Å². The van der Waals surface area contributed by atoms with E-state index in [0.29, 0.717) is 12.5 Å². The maximum atomic E-state index is 4.42. The quantitative estimate of drug-likeness (QED) is 0.728. The van der Waals surface area contributed by atoms with Gasteiger partial charge in [-0.25, -0.2) is 15.0 Å². The van der Waals surface area contributed by atoms with Gasteiger partial charge in [0.15, 0.2) is 0 Å². The van der Waals surface area contributed by atoms with Crippen LogP contribution in [0.4, 0.5) is 5.95 Å². The maximum absolute atomic E-state index is 4.42. The average molecular weight is 307 g/mol. The molecular weight excluding hydrogens is 286 g/mol. The Morgan fingerprint density at radius 2 is 1.83 bits per heavy atom. The normalized spacial score (nSPS) is 10.7. The number of aromatic nitrogens is 4. The molecule has 2 heterocycles. The molecule has 0 aliphatic heterocycles. The van der Waals surface area contributed by atoms with Gasteiger partial charge in [-0.15, -0.1) is 0 Å². The largest absolute Gasteiger partial charge is 0.347 e. The number of aryl methyl sites for hydroxylation is 3. The van der Waals surface area contributed by atoms with Gasteiger partial charge in [-0.1, -0.05) is 30.3 Å². The van der Waals surface area contributed by atoms with Crippen molar-refractivity contribution in [1.29, 1.82) is 0 Å². The molecule has 5 heteroatoms. The van der Waals surface area contributed by atoms with Crippen LogP contribution in [0.2, 0.25) is 0 Å². The van der Waals surface area contributed by atoms with Crippen molar-refractivity contribution in [2.24, 2.45) is 0 Å². The monoisotopic (exact) mass is 307 g/mol. The van der Waals surface area contributed by atoms with Gasteiger partial charge < -0.3 is 9.88 Å². The SMILES string of the molecule is Cc1cnc(NCc2nccn2CCCc2ccccc2)nc1. The van der Waals surface area contributed by atoms with Gasteiger partial charge in [-0.2, -0.15) is 0 Å². The Morgan fingerprint density at radius 1 is 1.04 bits per heavy atom. The first kappa shape index (κ1) is 15.2. The van der Waals surface area contributed by atoms with Crippen molar-refractivity contribution in [3.63, 3.8) is 0 Å². The molecule has 5 nitrogen and oxygen atoms in total. The van der Waals surface area contributed by atoms with E-state index < -0.39 is 0 Å². The molecule has 2 aromatic heterocycles. The third-order valence-corrected chi connectivity index (χ3v) is 3.69. The second-order valence-electron chi connectivity index (χ2n) is 5.56. The van der Waals surface area contributed by atoms with E-state index in [9.17, 15) is 0 Å². The Labute approximate surface area is 136 Å². The molecule has 3 rings (SSSR count). The Balaban J connectivity index is 1.51. The third-order valence-electron chi connectivity index (χ3n) is 3.69. The molecule has 0 bridgehead atoms. The zero-order chi connectivity index (χ0) is 15.9. The van der Waals surface area contributed by atoms with Crippen LogP contribution in [0.25, 0.3) is 0 Å². The summed E-state index contributed by atoms with van der Waals surface area (Å²) in [4.78, 5) is 12.9. The first-order valence-corrected chi connectivity index (χ1v) is 7.88. The van der Waals surface area contributed by atoms with Crippen LogP contribution in [0.1, 0.15) is 23.4 Å². The molecular formula is C18H21N5. The summed E-state index contributed by atoms with van der Waals surface area (Å²) < 4.78 is 2.18. The van der Waals surface area contributed by atoms with Crippen molar-refractivity contribution < 1.29 is 0 Å². The zero-order valence-electron chi connectivity index (χ0n) is 13.3. The zero-order valence-corrected chi connectivity index (χ0v) is 13.3. The van der Waals surface area contributed by atoms with Gasteiger partial charge in [-0.3, -0.25) is 0 Å². The smallest absolute Gasteiger partial charge is 0.222 e. The summed E-state index contributed by atoms with van der Waals surface area (Å²) in [5.41, 5.74) is 2.43. The van der Waals surface area contributed by atoms with Crippen molar-refractivity contribution in [2.45, 2.75) is 32.9 Å². The first-order valence-electron chi connectivity index (χ1n) is 7.88. The number of nitrogens with zero attached hydrogens (tertiary/aromatic N) is 4. The number of hydrogen-bond acceptors (Lipinski definition) is 4. The molecule has 3 aromatic rings. The fraction of sp³-hybridized carbons (Fsp3) is 0.278. The van der Waals surface area contributed by atoms with Crippen LogP contribution >= 0.6 is 0 Å². The molecule has 0 fully saturated rings. The van der Waals surface area contributed by atoms with E-state index in [4.69, 9.17) is 0 Å². The Morgan fingerprint density at radius 3 is 2.61 bits per heavy atom. The second kappa shape index (κ2) is 7.54. The number of anilines is 1. The van der Waals surface area contributed by atoms with Gasteiger partial charge in [0.05, 0.1) is 6.54 Å². The molecule has 1 N–H and O–H groups in total. The molecule has 0 radical (unpaired) electrons. The molecule has 0 amide bonds. The summed E-state index contributed by atoms with van der Waals surface area (Å²) in [6.45, 7) is 3.56. The second-order valence-corrected chi connectivity index (χ2v) is 5.56. The Kier molecular flexibility index (Phi) is 4.99. The molecule has 1 aromatic carbocycles. The Hall–Kier alpha value is -2.69. The molecule has 0 saturated heterocycles. The minimum Gasteiger partial charge on any atom is -0.347 e. The van der Waals surface area contributed by atoms with Crippen LogP contribution in [0.5, 0.6) is 0 Å². The highest BCUT2D eigenvalue weighted by atomic mass is 15.1. The summed E-state index contributed by atoms with van der Waals surface area (Å²) in [5, 5.41) is 3.22. The number of nitrogens with one attached hydrogen (secondary N) is 1. The lowest BCUT2D eigenvalue weighted by molar-refractivity contribution is 0.615. The average Bonchev–Trinajstić information content (AvgIpc) is 3.03. The van der Waals surface area contributed by atoms with Crippen molar-refractivity contribution in [3.05, 3.63) is 72.1 Å². The van der Waals surface area contributed by atoms with E-state index in [1.807, 2.05) is 31.7 Å². The molecule has 0 atom stereocenters. The van der Waals surface area contributed by atoms with Crippen molar-refractivity contribution in [1.82, 2.24) is 19.5 Å². The number of imidazole rings is 1. The standard InChI is InChI=1S/C18H21N5/c1-15-12-20-18(21-13-15)22-14-17-19-9-11-23(17)10-5-8-16-6-3-2-4-7-16/h2-4,6-7,9,11-13H,5,8,10,14H2,1H3,(H,20,21,22). The van der Waals surface area contributed by atoms with Crippen LogP contribution < -0.4 is 5.32 Å². The lowest BCUT2D eigenvalue weighted by atomic mass is 10.1. The first-order chi connectivity index (χ1) is 11.3. The fourth-order valence-corrected chi connectivity index (χ4v) is 2.45. The molecule has 0 unspecified atom stereocenters. The minimum absolute atomic E-state index is 0.626. The van der Waals surface area contributed by atoms with Crippen LogP contribution in [-0.2, 0) is 19.5 Å². The van der Waals surface area contributed by atoms with Gasteiger partial charge in [0.25, 0.3) is 0 Å². The van der Waals surface area contributed by atoms with Gasteiger partial charge in [0.2, 0.25) is 5.95 Å². The van der Waals surface area contributed by atoms with Crippen LogP contribution in [0.15, 0.2) is 55.1 Å². The van der Waals surface area contributed by atoms with Crippen LogP contribution in [0.3, 0.4) is 0 Å². The van der Waals surface area contributed by atoms with Crippen molar-refractivity contribution >= 4 is 5.95 Å². The molecule has 23 heavy (non-hydrogen) atoms. The maximum Gasteiger partial charge on any atom is 0.222 e. The topological polar surface area (TPSA) is 55.6 Å². The van der Waals surface area contributed by atoms with E-state index in [2.05, 4.69) is 55.2 Å². The van der Waals surface area contributed by atoms with E-state index in [1.165, 1.54) is 5.56 Å². The van der Waals surface area contributed by atoms with Crippen LogP contribution in [0, 0.1) is 6.92 Å². The predicted molar refractivity (Wildman–Crippen MR) is 91.1 cm³/mol. The molecule has 118 valence electrons. The lowest BCUT2D eigenvalue weighted by Crippen LogP contribution is -2.10. The highest BCUT2D eigenvalue weighted by molar-refractivity contribution is 5.24. The van der Waals surface area contributed by atoms with Gasteiger partial charge in [0, 0.05) is 31.3 Å². The predicted octanol–water partition coefficient (Wildman–Crippen LogP) is 3.23. The van der Waals surface area contributed by atoms with Gasteiger partial charge in [-0.05, 0) is 30.9 Å². The van der Waals surface area contributed by atoms with Crippen molar-refractivity contribution in [3.8, 4) is 0 Å². The van der Waals surface area contributed by atoms with E-state index in [1.54, 1.807) is 0 Å². The highest BCUT2D eigenvalue weighted by Crippen LogP contribution is 2.07. The van der Waals surface area contributed by atoms with E-state index in [0.717, 1.165) is 30.8 Å². The molecule has 0 aliphatic rings. The number of benzene rings is 1. The summed E-state index contributed by atoms with van der Waals surface area (Å²) in [7, 11) is 0. The van der Waals surface area contributed by atoms with Crippen LogP contribution in [-0.4, -0.2) is 19.5 Å². The Bertz CT molecular complexity index is 719. The number of hydrogen-bond donors (Lipinski definition) is 1. The van der Waals surface area contributed by atoms with Gasteiger partial charge >= 0.3 is 0 Å². The fourth-order valence-electron chi connectivity index (χ4n) is 2.45. The van der Waals surface area contributed by atoms with E-state index in [-0.39, 0.29) is 0 Å². The summed E-state index contributed by atoms with van der Waals surface area (Å²) in [6.07, 6.45) is 9.65. The molecule has 0 spiro atoms.